The fraction of sp³-hybridized carbons (Fsp3) is 0.909. The number of hydrogen-bond donors (Lipinski definition) is 0. The third-order valence-corrected chi connectivity index (χ3v) is 3.47. The van der Waals surface area contributed by atoms with Crippen molar-refractivity contribution in [2.24, 2.45) is 5.92 Å². The summed E-state index contributed by atoms with van der Waals surface area (Å²) in [5.74, 6) is 0.325. The number of aldehydes is 1. The predicted molar refractivity (Wildman–Crippen MR) is 54.2 cm³/mol. The van der Waals surface area contributed by atoms with E-state index in [0.717, 1.165) is 51.5 Å². The van der Waals surface area contributed by atoms with Crippen molar-refractivity contribution in [2.75, 3.05) is 26.3 Å². The van der Waals surface area contributed by atoms with Crippen LogP contribution in [0.5, 0.6) is 0 Å². The molecule has 0 atom stereocenters. The van der Waals surface area contributed by atoms with E-state index in [1.54, 1.807) is 0 Å². The molecule has 0 aliphatic carbocycles. The minimum Gasteiger partial charge on any atom is -0.381 e. The van der Waals surface area contributed by atoms with E-state index in [9.17, 15) is 4.79 Å². The van der Waals surface area contributed by atoms with Gasteiger partial charge >= 0.3 is 0 Å². The Kier molecular flexibility index (Phi) is 3.54. The van der Waals surface area contributed by atoms with E-state index < -0.39 is 0 Å². The average Bonchev–Trinajstić information content (AvgIpc) is 2.30. The first-order valence-electron chi connectivity index (χ1n) is 5.67. The van der Waals surface area contributed by atoms with Crippen molar-refractivity contribution in [1.82, 2.24) is 4.90 Å². The van der Waals surface area contributed by atoms with Crippen LogP contribution in [-0.4, -0.2) is 43.5 Å². The monoisotopic (exact) mass is 197 g/mol. The van der Waals surface area contributed by atoms with E-state index in [4.69, 9.17) is 4.74 Å². The molecular weight excluding hydrogens is 178 g/mol. The molecule has 2 rings (SSSR count). The Morgan fingerprint density at radius 2 is 1.71 bits per heavy atom. The zero-order chi connectivity index (χ0) is 9.80. The van der Waals surface area contributed by atoms with Gasteiger partial charge in [0.2, 0.25) is 0 Å². The second kappa shape index (κ2) is 4.89. The quantitative estimate of drug-likeness (QED) is 0.620. The molecule has 2 aliphatic heterocycles. The number of likely N-dealkylation sites (tertiary alicyclic amines) is 1. The van der Waals surface area contributed by atoms with E-state index in [-0.39, 0.29) is 0 Å². The van der Waals surface area contributed by atoms with Crippen molar-refractivity contribution in [3.8, 4) is 0 Å². The van der Waals surface area contributed by atoms with Crippen LogP contribution < -0.4 is 0 Å². The molecular formula is C11H19NO2. The molecule has 0 N–H and O–H groups in total. The zero-order valence-electron chi connectivity index (χ0n) is 8.65. The number of carbonyl (C=O) groups excluding carboxylic acids is 1. The molecule has 0 spiro atoms. The fourth-order valence-corrected chi connectivity index (χ4v) is 2.47. The lowest BCUT2D eigenvalue weighted by atomic mass is 9.95. The largest absolute Gasteiger partial charge is 0.381 e. The first kappa shape index (κ1) is 10.1. The van der Waals surface area contributed by atoms with Crippen molar-refractivity contribution >= 4 is 6.29 Å². The van der Waals surface area contributed by atoms with Crippen molar-refractivity contribution in [3.63, 3.8) is 0 Å². The first-order valence-corrected chi connectivity index (χ1v) is 5.67. The van der Waals surface area contributed by atoms with E-state index in [1.807, 2.05) is 0 Å². The Bertz CT molecular complexity index is 182. The van der Waals surface area contributed by atoms with Gasteiger partial charge in [0.05, 0.1) is 0 Å². The molecule has 80 valence electrons. The standard InChI is InChI=1S/C11H19NO2/c13-9-10-1-5-12(6-2-10)11-3-7-14-8-4-11/h9-11H,1-8H2. The number of piperidine rings is 1. The van der Waals surface area contributed by atoms with Crippen molar-refractivity contribution in [2.45, 2.75) is 31.7 Å². The van der Waals surface area contributed by atoms with Crippen molar-refractivity contribution in [3.05, 3.63) is 0 Å². The molecule has 3 nitrogen and oxygen atoms in total. The molecule has 0 radical (unpaired) electrons. The highest BCUT2D eigenvalue weighted by Crippen LogP contribution is 2.21. The summed E-state index contributed by atoms with van der Waals surface area (Å²) < 4.78 is 5.35. The van der Waals surface area contributed by atoms with Crippen LogP contribution in [0.2, 0.25) is 0 Å². The summed E-state index contributed by atoms with van der Waals surface area (Å²) in [5.41, 5.74) is 0. The lowest BCUT2D eigenvalue weighted by Gasteiger charge is -2.38. The highest BCUT2D eigenvalue weighted by molar-refractivity contribution is 5.53. The number of ether oxygens (including phenoxy) is 1. The summed E-state index contributed by atoms with van der Waals surface area (Å²) in [4.78, 5) is 13.1. The van der Waals surface area contributed by atoms with Gasteiger partial charge in [0.25, 0.3) is 0 Å². The molecule has 0 bridgehead atoms. The number of hydrogen-bond acceptors (Lipinski definition) is 3. The topological polar surface area (TPSA) is 29.5 Å². The van der Waals surface area contributed by atoms with Gasteiger partial charge in [-0.2, -0.15) is 0 Å². The predicted octanol–water partition coefficient (Wildman–Crippen LogP) is 1.08. The van der Waals surface area contributed by atoms with Crippen molar-refractivity contribution in [1.29, 1.82) is 0 Å². The summed E-state index contributed by atoms with van der Waals surface area (Å²) in [6, 6.07) is 0.719. The van der Waals surface area contributed by atoms with Crippen LogP contribution in [0, 0.1) is 5.92 Å². The highest BCUT2D eigenvalue weighted by atomic mass is 16.5. The number of nitrogens with zero attached hydrogens (tertiary/aromatic N) is 1. The summed E-state index contributed by atoms with van der Waals surface area (Å²) in [6.07, 6.45) is 5.58. The Balaban J connectivity index is 1.78. The van der Waals surface area contributed by atoms with Crippen LogP contribution in [-0.2, 0) is 9.53 Å². The van der Waals surface area contributed by atoms with E-state index >= 15 is 0 Å². The SMILES string of the molecule is O=CC1CCN(C2CCOCC2)CC1. The minimum absolute atomic E-state index is 0.325. The molecule has 0 saturated carbocycles. The lowest BCUT2D eigenvalue weighted by Crippen LogP contribution is -2.44. The zero-order valence-corrected chi connectivity index (χ0v) is 8.65. The van der Waals surface area contributed by atoms with Gasteiger partial charge < -0.3 is 14.4 Å². The molecule has 14 heavy (non-hydrogen) atoms. The third-order valence-electron chi connectivity index (χ3n) is 3.47. The minimum atomic E-state index is 0.325. The Morgan fingerprint density at radius 1 is 1.07 bits per heavy atom. The molecule has 0 aromatic carbocycles. The maximum Gasteiger partial charge on any atom is 0.123 e. The van der Waals surface area contributed by atoms with Gasteiger partial charge in [0.1, 0.15) is 6.29 Å². The Labute approximate surface area is 85.4 Å². The van der Waals surface area contributed by atoms with E-state index in [2.05, 4.69) is 4.90 Å². The maximum absolute atomic E-state index is 10.6. The average molecular weight is 197 g/mol. The summed E-state index contributed by atoms with van der Waals surface area (Å²) >= 11 is 0. The van der Waals surface area contributed by atoms with Gasteiger partial charge in [-0.1, -0.05) is 0 Å². The summed E-state index contributed by atoms with van der Waals surface area (Å²) in [5, 5.41) is 0. The molecule has 3 heteroatoms. The molecule has 2 heterocycles. The molecule has 2 saturated heterocycles. The van der Waals surface area contributed by atoms with Crippen LogP contribution >= 0.6 is 0 Å². The molecule has 2 fully saturated rings. The van der Waals surface area contributed by atoms with Crippen LogP contribution in [0.4, 0.5) is 0 Å². The molecule has 2 aliphatic rings. The van der Waals surface area contributed by atoms with Gasteiger partial charge in [-0.25, -0.2) is 0 Å². The van der Waals surface area contributed by atoms with E-state index in [1.165, 1.54) is 12.8 Å². The first-order chi connectivity index (χ1) is 6.90. The van der Waals surface area contributed by atoms with Gasteiger partial charge in [0, 0.05) is 25.2 Å². The van der Waals surface area contributed by atoms with Crippen LogP contribution in [0.15, 0.2) is 0 Å². The number of rotatable bonds is 2. The van der Waals surface area contributed by atoms with Crippen molar-refractivity contribution < 1.29 is 9.53 Å². The van der Waals surface area contributed by atoms with Gasteiger partial charge in [-0.05, 0) is 38.8 Å². The van der Waals surface area contributed by atoms with Crippen LogP contribution in [0.25, 0.3) is 0 Å². The summed E-state index contributed by atoms with van der Waals surface area (Å²) in [7, 11) is 0. The fourth-order valence-electron chi connectivity index (χ4n) is 2.47. The molecule has 0 amide bonds. The second-order valence-corrected chi connectivity index (χ2v) is 4.35. The maximum atomic E-state index is 10.6. The highest BCUT2D eigenvalue weighted by Gasteiger charge is 2.25. The second-order valence-electron chi connectivity index (χ2n) is 4.35. The normalized spacial score (nSPS) is 27.7. The number of carbonyl (C=O) groups is 1. The smallest absolute Gasteiger partial charge is 0.123 e. The van der Waals surface area contributed by atoms with Gasteiger partial charge in [-0.3, -0.25) is 0 Å². The summed E-state index contributed by atoms with van der Waals surface area (Å²) in [6.45, 7) is 4.04. The Hall–Kier alpha value is -0.410. The van der Waals surface area contributed by atoms with Gasteiger partial charge in [0.15, 0.2) is 0 Å². The van der Waals surface area contributed by atoms with Crippen LogP contribution in [0.3, 0.4) is 0 Å². The van der Waals surface area contributed by atoms with Gasteiger partial charge in [-0.15, -0.1) is 0 Å². The third kappa shape index (κ3) is 2.34. The Morgan fingerprint density at radius 3 is 2.29 bits per heavy atom. The van der Waals surface area contributed by atoms with E-state index in [0.29, 0.717) is 5.92 Å². The lowest BCUT2D eigenvalue weighted by molar-refractivity contribution is -0.112. The molecule has 0 aromatic rings. The van der Waals surface area contributed by atoms with Crippen LogP contribution in [0.1, 0.15) is 25.7 Å². The molecule has 0 unspecified atom stereocenters. The molecule has 0 aromatic heterocycles.